The first-order chi connectivity index (χ1) is 13.8. The average Bonchev–Trinajstić information content (AvgIpc) is 2.68. The molecule has 1 aromatic heterocycles. The lowest BCUT2D eigenvalue weighted by Gasteiger charge is -2.32. The number of carbonyl (C=O) groups excluding carboxylic acids is 1. The van der Waals surface area contributed by atoms with E-state index in [-0.39, 0.29) is 22.6 Å². The van der Waals surface area contributed by atoms with E-state index in [9.17, 15) is 19.7 Å². The Balaban J connectivity index is 1.84. The fraction of sp³-hybridized carbons (Fsp3) is 0.143. The largest absolute Gasteiger partial charge is 0.479 e. The normalized spacial score (nSPS) is 16.3. The van der Waals surface area contributed by atoms with Gasteiger partial charge in [0.05, 0.1) is 16.1 Å². The topological polar surface area (TPSA) is 112 Å². The minimum absolute atomic E-state index is 0.0374. The molecule has 0 radical (unpaired) electrons. The number of anilines is 1. The summed E-state index contributed by atoms with van der Waals surface area (Å²) in [6.07, 6.45) is 1.50. The van der Waals surface area contributed by atoms with Gasteiger partial charge in [-0.15, -0.1) is 0 Å². The molecule has 0 fully saturated rings. The third kappa shape index (κ3) is 3.25. The number of nitrogens with zero attached hydrogens (tertiary/aromatic N) is 1. The van der Waals surface area contributed by atoms with Crippen LogP contribution in [0.1, 0.15) is 19.4 Å². The van der Waals surface area contributed by atoms with Crippen LogP contribution in [0.4, 0.5) is 11.4 Å². The highest BCUT2D eigenvalue weighted by Gasteiger charge is 2.40. The second-order valence-corrected chi connectivity index (χ2v) is 7.06. The van der Waals surface area contributed by atoms with Crippen LogP contribution in [0.15, 0.2) is 63.9 Å². The van der Waals surface area contributed by atoms with E-state index in [1.807, 2.05) is 0 Å². The summed E-state index contributed by atoms with van der Waals surface area (Å²) in [6.45, 7) is 3.31. The van der Waals surface area contributed by atoms with E-state index >= 15 is 0 Å². The number of ketones is 1. The van der Waals surface area contributed by atoms with Crippen LogP contribution in [0.5, 0.6) is 5.75 Å². The summed E-state index contributed by atoms with van der Waals surface area (Å²) < 4.78 is 11.2. The molecular weight excluding hydrogens is 376 g/mol. The summed E-state index contributed by atoms with van der Waals surface area (Å²) in [6, 6.07) is 12.2. The quantitative estimate of drug-likeness (QED) is 0.311. The summed E-state index contributed by atoms with van der Waals surface area (Å²) in [4.78, 5) is 35.1. The Kier molecular flexibility index (Phi) is 4.19. The molecule has 146 valence electrons. The standard InChI is InChI=1S/C21H16N2O6/c1-21(2)20(25)15(11-22-13-5-7-14(8-6-13)23(26)27)18-16(29-21)9-3-12-4-10-17(24)28-19(12)18/h3-11,22H,1-2H3. The molecule has 1 aliphatic rings. The highest BCUT2D eigenvalue weighted by Crippen LogP contribution is 2.41. The van der Waals surface area contributed by atoms with Gasteiger partial charge in [0.1, 0.15) is 11.3 Å². The Bertz CT molecular complexity index is 1240. The minimum Gasteiger partial charge on any atom is -0.479 e. The van der Waals surface area contributed by atoms with Gasteiger partial charge in [0.2, 0.25) is 5.78 Å². The van der Waals surface area contributed by atoms with Crippen molar-refractivity contribution in [1.82, 2.24) is 0 Å². The van der Waals surface area contributed by atoms with Crippen molar-refractivity contribution < 1.29 is 18.9 Å². The predicted molar refractivity (Wildman–Crippen MR) is 107 cm³/mol. The zero-order valence-corrected chi connectivity index (χ0v) is 15.6. The van der Waals surface area contributed by atoms with Crippen LogP contribution in [-0.4, -0.2) is 16.3 Å². The number of Topliss-reactive ketones (excluding diaryl/α,β-unsaturated/α-hetero) is 1. The third-order valence-electron chi connectivity index (χ3n) is 4.64. The first-order valence-corrected chi connectivity index (χ1v) is 8.78. The van der Waals surface area contributed by atoms with Crippen molar-refractivity contribution in [3.05, 3.63) is 80.8 Å². The number of benzene rings is 2. The highest BCUT2D eigenvalue weighted by molar-refractivity contribution is 6.28. The van der Waals surface area contributed by atoms with Crippen molar-refractivity contribution >= 4 is 33.7 Å². The maximum atomic E-state index is 13.1. The lowest BCUT2D eigenvalue weighted by atomic mass is 9.87. The van der Waals surface area contributed by atoms with Gasteiger partial charge in [0, 0.05) is 35.5 Å². The Morgan fingerprint density at radius 1 is 1.03 bits per heavy atom. The van der Waals surface area contributed by atoms with Crippen molar-refractivity contribution in [2.75, 3.05) is 5.32 Å². The zero-order valence-electron chi connectivity index (χ0n) is 15.6. The first kappa shape index (κ1) is 18.4. The lowest BCUT2D eigenvalue weighted by Crippen LogP contribution is -2.42. The number of ether oxygens (including phenoxy) is 1. The van der Waals surface area contributed by atoms with Crippen LogP contribution >= 0.6 is 0 Å². The molecule has 0 amide bonds. The maximum absolute atomic E-state index is 13.1. The van der Waals surface area contributed by atoms with E-state index < -0.39 is 16.1 Å². The summed E-state index contributed by atoms with van der Waals surface area (Å²) >= 11 is 0. The number of hydrogen-bond acceptors (Lipinski definition) is 7. The van der Waals surface area contributed by atoms with Crippen LogP contribution < -0.4 is 15.7 Å². The molecule has 0 aliphatic carbocycles. The van der Waals surface area contributed by atoms with Crippen LogP contribution in [0.25, 0.3) is 16.5 Å². The second-order valence-electron chi connectivity index (χ2n) is 7.06. The molecule has 2 aromatic carbocycles. The summed E-state index contributed by atoms with van der Waals surface area (Å²) in [5, 5.41) is 14.4. The molecule has 0 bridgehead atoms. The van der Waals surface area contributed by atoms with Crippen LogP contribution in [0.2, 0.25) is 0 Å². The minimum atomic E-state index is -1.11. The van der Waals surface area contributed by atoms with Crippen molar-refractivity contribution in [1.29, 1.82) is 0 Å². The van der Waals surface area contributed by atoms with Crippen molar-refractivity contribution in [2.45, 2.75) is 19.4 Å². The monoisotopic (exact) mass is 392 g/mol. The van der Waals surface area contributed by atoms with E-state index in [1.165, 1.54) is 36.5 Å². The molecular formula is C21H16N2O6. The summed E-state index contributed by atoms with van der Waals surface area (Å²) in [5.41, 5.74) is -0.193. The Hall–Kier alpha value is -3.94. The molecule has 0 atom stereocenters. The molecule has 0 saturated heterocycles. The van der Waals surface area contributed by atoms with Gasteiger partial charge in [-0.25, -0.2) is 4.79 Å². The Morgan fingerprint density at radius 3 is 2.41 bits per heavy atom. The molecule has 1 N–H and O–H groups in total. The van der Waals surface area contributed by atoms with Gasteiger partial charge in [-0.3, -0.25) is 14.9 Å². The molecule has 2 heterocycles. The molecule has 8 nitrogen and oxygen atoms in total. The van der Waals surface area contributed by atoms with Gasteiger partial charge in [-0.2, -0.15) is 0 Å². The molecule has 1 aliphatic heterocycles. The molecule has 0 spiro atoms. The Morgan fingerprint density at radius 2 is 1.72 bits per heavy atom. The van der Waals surface area contributed by atoms with Crippen LogP contribution in [-0.2, 0) is 4.79 Å². The number of fused-ring (bicyclic) bond motifs is 3. The second kappa shape index (κ2) is 6.59. The first-order valence-electron chi connectivity index (χ1n) is 8.78. The van der Waals surface area contributed by atoms with Crippen molar-refractivity contribution in [3.63, 3.8) is 0 Å². The zero-order chi connectivity index (χ0) is 20.8. The molecule has 4 rings (SSSR count). The fourth-order valence-corrected chi connectivity index (χ4v) is 3.19. The van der Waals surface area contributed by atoms with Gasteiger partial charge in [-0.1, -0.05) is 0 Å². The van der Waals surface area contributed by atoms with E-state index in [0.717, 1.165) is 0 Å². The summed E-state index contributed by atoms with van der Waals surface area (Å²) in [7, 11) is 0. The molecule has 0 saturated carbocycles. The SMILES string of the molecule is CC1(C)Oc2ccc3ccc(=O)oc3c2C(=CNc2ccc([N+](=O)[O-])cc2)C1=O. The number of carbonyl (C=O) groups is 1. The Labute approximate surface area is 164 Å². The number of non-ortho nitro benzene ring substituents is 1. The van der Waals surface area contributed by atoms with Gasteiger partial charge in [0.15, 0.2) is 5.60 Å². The third-order valence-corrected chi connectivity index (χ3v) is 4.64. The number of hydrogen-bond donors (Lipinski definition) is 1. The molecule has 3 aromatic rings. The van der Waals surface area contributed by atoms with Crippen molar-refractivity contribution in [3.8, 4) is 5.75 Å². The van der Waals surface area contributed by atoms with Crippen LogP contribution in [0.3, 0.4) is 0 Å². The number of nitro benzene ring substituents is 1. The molecule has 29 heavy (non-hydrogen) atoms. The van der Waals surface area contributed by atoms with Gasteiger partial charge < -0.3 is 14.5 Å². The van der Waals surface area contributed by atoms with E-state index in [4.69, 9.17) is 9.15 Å². The smallest absolute Gasteiger partial charge is 0.336 e. The summed E-state index contributed by atoms with van der Waals surface area (Å²) in [5.74, 6) is 0.131. The van der Waals surface area contributed by atoms with E-state index in [2.05, 4.69) is 5.32 Å². The van der Waals surface area contributed by atoms with E-state index in [0.29, 0.717) is 22.4 Å². The maximum Gasteiger partial charge on any atom is 0.336 e. The van der Waals surface area contributed by atoms with E-state index in [1.54, 1.807) is 32.0 Å². The fourth-order valence-electron chi connectivity index (χ4n) is 3.19. The van der Waals surface area contributed by atoms with Crippen LogP contribution in [0, 0.1) is 10.1 Å². The predicted octanol–water partition coefficient (Wildman–Crippen LogP) is 3.89. The average molecular weight is 392 g/mol. The lowest BCUT2D eigenvalue weighted by molar-refractivity contribution is -0.384. The number of rotatable bonds is 3. The molecule has 0 unspecified atom stereocenters. The number of nitro groups is 1. The van der Waals surface area contributed by atoms with Gasteiger partial charge >= 0.3 is 5.63 Å². The highest BCUT2D eigenvalue weighted by atomic mass is 16.6. The van der Waals surface area contributed by atoms with Gasteiger partial charge in [-0.05, 0) is 44.2 Å². The molecule has 8 heteroatoms. The number of nitrogens with one attached hydrogen (secondary N) is 1. The van der Waals surface area contributed by atoms with Crippen molar-refractivity contribution in [2.24, 2.45) is 0 Å². The van der Waals surface area contributed by atoms with Gasteiger partial charge in [0.25, 0.3) is 5.69 Å².